The van der Waals surface area contributed by atoms with Crippen molar-refractivity contribution >= 4 is 29.9 Å². The van der Waals surface area contributed by atoms with E-state index in [4.69, 9.17) is 9.47 Å². The van der Waals surface area contributed by atoms with Crippen molar-refractivity contribution in [1.29, 1.82) is 0 Å². The van der Waals surface area contributed by atoms with Gasteiger partial charge in [-0.1, -0.05) is 18.2 Å². The van der Waals surface area contributed by atoms with Crippen molar-refractivity contribution in [2.24, 2.45) is 4.99 Å². The summed E-state index contributed by atoms with van der Waals surface area (Å²) in [5, 5.41) is 6.73. The van der Waals surface area contributed by atoms with E-state index in [1.807, 2.05) is 12.1 Å². The van der Waals surface area contributed by atoms with Gasteiger partial charge in [0, 0.05) is 58.7 Å². The molecule has 0 aromatic heterocycles. The van der Waals surface area contributed by atoms with E-state index in [2.05, 4.69) is 15.6 Å². The zero-order valence-electron chi connectivity index (χ0n) is 15.5. The maximum Gasteiger partial charge on any atom is 0.191 e. The molecule has 1 heterocycles. The molecule has 2 fully saturated rings. The van der Waals surface area contributed by atoms with E-state index in [0.29, 0.717) is 13.1 Å². The van der Waals surface area contributed by atoms with Gasteiger partial charge in [0.05, 0.1) is 5.60 Å². The van der Waals surface area contributed by atoms with Gasteiger partial charge in [0.15, 0.2) is 5.96 Å². The number of methoxy groups -OCH3 is 1. The summed E-state index contributed by atoms with van der Waals surface area (Å²) in [5.74, 6) is 0.607. The van der Waals surface area contributed by atoms with Crippen LogP contribution in [0.25, 0.3) is 0 Å². The molecule has 3 rings (SSSR count). The minimum absolute atomic E-state index is 0. The molecule has 1 aliphatic heterocycles. The Bertz CT molecular complexity index is 617. The van der Waals surface area contributed by atoms with Gasteiger partial charge in [-0.05, 0) is 24.5 Å². The highest BCUT2D eigenvalue weighted by Gasteiger charge is 2.46. The monoisotopic (exact) mass is 477 g/mol. The SMILES string of the molecule is CN=C(NCC1(OC)CCOCC1)NCC1(c2ccccc2F)CC1.I. The van der Waals surface area contributed by atoms with Crippen LogP contribution in [0.1, 0.15) is 31.2 Å². The molecule has 1 aromatic carbocycles. The van der Waals surface area contributed by atoms with Crippen molar-refractivity contribution in [3.8, 4) is 0 Å². The first kappa shape index (κ1) is 21.4. The van der Waals surface area contributed by atoms with Crippen LogP contribution in [0, 0.1) is 5.82 Å². The predicted octanol–water partition coefficient (Wildman–Crippen LogP) is 2.84. The van der Waals surface area contributed by atoms with Gasteiger partial charge < -0.3 is 20.1 Å². The number of guanidine groups is 1. The summed E-state index contributed by atoms with van der Waals surface area (Å²) < 4.78 is 25.3. The second kappa shape index (κ2) is 9.32. The molecule has 1 aromatic rings. The van der Waals surface area contributed by atoms with Crippen LogP contribution in [0.15, 0.2) is 29.3 Å². The van der Waals surface area contributed by atoms with Crippen LogP contribution in [-0.4, -0.2) is 52.0 Å². The summed E-state index contributed by atoms with van der Waals surface area (Å²) in [5.41, 5.74) is 0.481. The van der Waals surface area contributed by atoms with Gasteiger partial charge in [-0.25, -0.2) is 4.39 Å². The van der Waals surface area contributed by atoms with E-state index in [0.717, 1.165) is 50.4 Å². The standard InChI is InChI=1S/C19H28FN3O2.HI/c1-21-17(23-14-19(24-2)9-11-25-12-10-19)22-13-18(7-8-18)15-5-3-4-6-16(15)20;/h3-6H,7-14H2,1-2H3,(H2,21,22,23);1H. The fourth-order valence-electron chi connectivity index (χ4n) is 3.50. The first-order chi connectivity index (χ1) is 12.1. The molecule has 5 nitrogen and oxygen atoms in total. The summed E-state index contributed by atoms with van der Waals surface area (Å²) in [7, 11) is 3.50. The molecule has 2 N–H and O–H groups in total. The fourth-order valence-corrected chi connectivity index (χ4v) is 3.50. The molecular formula is C19H29FIN3O2. The zero-order valence-corrected chi connectivity index (χ0v) is 17.8. The van der Waals surface area contributed by atoms with Gasteiger partial charge in [-0.15, -0.1) is 24.0 Å². The Morgan fingerprint density at radius 2 is 1.81 bits per heavy atom. The Kier molecular flexibility index (Phi) is 7.66. The molecule has 2 aliphatic rings. The van der Waals surface area contributed by atoms with Crippen LogP contribution < -0.4 is 10.6 Å². The molecule has 7 heteroatoms. The third kappa shape index (κ3) is 4.86. The van der Waals surface area contributed by atoms with Crippen molar-refractivity contribution in [2.45, 2.75) is 36.7 Å². The van der Waals surface area contributed by atoms with Gasteiger partial charge in [-0.2, -0.15) is 0 Å². The number of rotatable bonds is 6. The number of nitrogens with zero attached hydrogens (tertiary/aromatic N) is 1. The molecule has 0 radical (unpaired) electrons. The van der Waals surface area contributed by atoms with Crippen molar-refractivity contribution in [3.63, 3.8) is 0 Å². The van der Waals surface area contributed by atoms with Crippen molar-refractivity contribution < 1.29 is 13.9 Å². The highest BCUT2D eigenvalue weighted by molar-refractivity contribution is 14.0. The Morgan fingerprint density at radius 3 is 2.38 bits per heavy atom. The quantitative estimate of drug-likeness (QED) is 0.376. The molecule has 0 atom stereocenters. The largest absolute Gasteiger partial charge is 0.381 e. The second-order valence-corrected chi connectivity index (χ2v) is 7.04. The molecular weight excluding hydrogens is 448 g/mol. The van der Waals surface area contributed by atoms with Crippen LogP contribution in [0.2, 0.25) is 0 Å². The van der Waals surface area contributed by atoms with E-state index >= 15 is 0 Å². The van der Waals surface area contributed by atoms with E-state index in [9.17, 15) is 4.39 Å². The Morgan fingerprint density at radius 1 is 1.15 bits per heavy atom. The predicted molar refractivity (Wildman–Crippen MR) is 112 cm³/mol. The molecule has 1 saturated heterocycles. The van der Waals surface area contributed by atoms with Crippen LogP contribution in [0.5, 0.6) is 0 Å². The average Bonchev–Trinajstić information content (AvgIpc) is 3.44. The van der Waals surface area contributed by atoms with Gasteiger partial charge in [-0.3, -0.25) is 4.99 Å². The van der Waals surface area contributed by atoms with Crippen LogP contribution in [0.3, 0.4) is 0 Å². The molecule has 1 saturated carbocycles. The van der Waals surface area contributed by atoms with Crippen molar-refractivity contribution in [1.82, 2.24) is 10.6 Å². The first-order valence-corrected chi connectivity index (χ1v) is 8.96. The third-order valence-electron chi connectivity index (χ3n) is 5.53. The summed E-state index contributed by atoms with van der Waals surface area (Å²) in [6.07, 6.45) is 3.73. The minimum Gasteiger partial charge on any atom is -0.381 e. The molecule has 0 amide bonds. The first-order valence-electron chi connectivity index (χ1n) is 8.96. The van der Waals surface area contributed by atoms with Gasteiger partial charge in [0.25, 0.3) is 0 Å². The minimum atomic E-state index is -0.210. The lowest BCUT2D eigenvalue weighted by molar-refractivity contribution is -0.0855. The van der Waals surface area contributed by atoms with E-state index < -0.39 is 0 Å². The number of hydrogen-bond acceptors (Lipinski definition) is 3. The number of ether oxygens (including phenoxy) is 2. The Balaban J connectivity index is 0.00000243. The van der Waals surface area contributed by atoms with E-state index in [-0.39, 0.29) is 40.8 Å². The summed E-state index contributed by atoms with van der Waals surface area (Å²) >= 11 is 0. The number of nitrogens with one attached hydrogen (secondary N) is 2. The third-order valence-corrected chi connectivity index (χ3v) is 5.53. The Labute approximate surface area is 172 Å². The highest BCUT2D eigenvalue weighted by atomic mass is 127. The van der Waals surface area contributed by atoms with E-state index in [1.54, 1.807) is 20.2 Å². The van der Waals surface area contributed by atoms with E-state index in [1.165, 1.54) is 6.07 Å². The van der Waals surface area contributed by atoms with Gasteiger partial charge >= 0.3 is 0 Å². The molecule has 0 unspecified atom stereocenters. The molecule has 146 valence electrons. The summed E-state index contributed by atoms with van der Waals surface area (Å²) in [6, 6.07) is 7.07. The highest BCUT2D eigenvalue weighted by Crippen LogP contribution is 2.48. The Hall–Kier alpha value is -0.930. The smallest absolute Gasteiger partial charge is 0.191 e. The maximum absolute atomic E-state index is 14.1. The zero-order chi connectivity index (χ0) is 17.8. The van der Waals surface area contributed by atoms with Crippen LogP contribution >= 0.6 is 24.0 Å². The number of hydrogen-bond donors (Lipinski definition) is 2. The number of benzene rings is 1. The fraction of sp³-hybridized carbons (Fsp3) is 0.632. The number of aliphatic imine (C=N–C) groups is 1. The van der Waals surface area contributed by atoms with Gasteiger partial charge in [0.2, 0.25) is 0 Å². The lowest BCUT2D eigenvalue weighted by atomic mass is 9.94. The lowest BCUT2D eigenvalue weighted by Gasteiger charge is -2.36. The van der Waals surface area contributed by atoms with Crippen LogP contribution in [-0.2, 0) is 14.9 Å². The topological polar surface area (TPSA) is 54.9 Å². The summed E-state index contributed by atoms with van der Waals surface area (Å²) in [6.45, 7) is 2.80. The average molecular weight is 477 g/mol. The molecule has 0 spiro atoms. The second-order valence-electron chi connectivity index (χ2n) is 7.04. The maximum atomic E-state index is 14.1. The molecule has 1 aliphatic carbocycles. The molecule has 0 bridgehead atoms. The normalized spacial score (nSPS) is 20.8. The van der Waals surface area contributed by atoms with Crippen molar-refractivity contribution in [2.75, 3.05) is 40.5 Å². The lowest BCUT2D eigenvalue weighted by Crippen LogP contribution is -2.51. The van der Waals surface area contributed by atoms with Gasteiger partial charge in [0.1, 0.15) is 5.82 Å². The molecule has 26 heavy (non-hydrogen) atoms. The summed E-state index contributed by atoms with van der Waals surface area (Å²) in [4.78, 5) is 4.30. The van der Waals surface area contributed by atoms with Crippen LogP contribution in [0.4, 0.5) is 4.39 Å². The van der Waals surface area contributed by atoms with Crippen molar-refractivity contribution in [3.05, 3.63) is 35.6 Å². The number of halogens is 2.